The second kappa shape index (κ2) is 9.82. The van der Waals surface area contributed by atoms with Crippen molar-refractivity contribution in [2.24, 2.45) is 0 Å². The zero-order valence-electron chi connectivity index (χ0n) is 14.5. The summed E-state index contributed by atoms with van der Waals surface area (Å²) in [6.45, 7) is 3.30. The van der Waals surface area contributed by atoms with Gasteiger partial charge < -0.3 is 20.3 Å². The molecule has 1 aliphatic heterocycles. The molecule has 1 heterocycles. The van der Waals surface area contributed by atoms with E-state index in [4.69, 9.17) is 4.74 Å². The number of benzene rings is 1. The van der Waals surface area contributed by atoms with Gasteiger partial charge in [0, 0.05) is 35.5 Å². The van der Waals surface area contributed by atoms with Gasteiger partial charge in [-0.2, -0.15) is 5.26 Å². The van der Waals surface area contributed by atoms with E-state index in [9.17, 15) is 14.9 Å². The lowest BCUT2D eigenvalue weighted by Crippen LogP contribution is -2.44. The Morgan fingerprint density at radius 3 is 2.58 bits per heavy atom. The number of hydrogen-bond donors (Lipinski definition) is 2. The molecule has 0 bridgehead atoms. The van der Waals surface area contributed by atoms with Crippen LogP contribution in [0.5, 0.6) is 0 Å². The van der Waals surface area contributed by atoms with Gasteiger partial charge in [0.25, 0.3) is 5.91 Å². The van der Waals surface area contributed by atoms with Crippen molar-refractivity contribution < 1.29 is 14.3 Å². The summed E-state index contributed by atoms with van der Waals surface area (Å²) in [5.74, 6) is -0.466. The smallest absolute Gasteiger partial charge is 0.409 e. The molecule has 0 aromatic heterocycles. The molecule has 2 amide bonds. The standard InChI is InChI=1S/C18H21BrN4O3/c1-2-26-18(25)23-9-7-15(8-10-23)21-12-13(11-20)17(24)22-16-5-3-14(19)4-6-16/h3-6,12,15,21H,2,7-10H2,1H3,(H,22,24)/b13-12-. The van der Waals surface area contributed by atoms with Crippen molar-refractivity contribution >= 4 is 33.6 Å². The van der Waals surface area contributed by atoms with Crippen LogP contribution in [0.1, 0.15) is 19.8 Å². The summed E-state index contributed by atoms with van der Waals surface area (Å²) in [5, 5.41) is 15.0. The topological polar surface area (TPSA) is 94.5 Å². The summed E-state index contributed by atoms with van der Waals surface area (Å²) < 4.78 is 5.89. The van der Waals surface area contributed by atoms with Crippen LogP contribution in [0.2, 0.25) is 0 Å². The van der Waals surface area contributed by atoms with Gasteiger partial charge in [0.05, 0.1) is 6.61 Å². The van der Waals surface area contributed by atoms with Crippen molar-refractivity contribution in [3.05, 3.63) is 40.5 Å². The van der Waals surface area contributed by atoms with Gasteiger partial charge in [0.15, 0.2) is 0 Å². The fourth-order valence-electron chi connectivity index (χ4n) is 2.52. The first-order chi connectivity index (χ1) is 12.5. The minimum Gasteiger partial charge on any atom is -0.450 e. The van der Waals surface area contributed by atoms with E-state index in [2.05, 4.69) is 26.6 Å². The maximum Gasteiger partial charge on any atom is 0.409 e. The highest BCUT2D eigenvalue weighted by Crippen LogP contribution is 2.15. The number of ether oxygens (including phenoxy) is 1. The normalized spacial score (nSPS) is 15.1. The van der Waals surface area contributed by atoms with Crippen LogP contribution < -0.4 is 10.6 Å². The van der Waals surface area contributed by atoms with Crippen LogP contribution in [0.3, 0.4) is 0 Å². The van der Waals surface area contributed by atoms with Crippen molar-refractivity contribution in [3.8, 4) is 6.07 Å². The number of nitrogens with zero attached hydrogens (tertiary/aromatic N) is 2. The van der Waals surface area contributed by atoms with Crippen molar-refractivity contribution in [2.75, 3.05) is 25.0 Å². The molecule has 0 aliphatic carbocycles. The van der Waals surface area contributed by atoms with Gasteiger partial charge in [-0.25, -0.2) is 4.79 Å². The highest BCUT2D eigenvalue weighted by Gasteiger charge is 2.23. The van der Waals surface area contributed by atoms with E-state index in [0.717, 1.165) is 17.3 Å². The van der Waals surface area contributed by atoms with Crippen LogP contribution in [0, 0.1) is 11.3 Å². The molecule has 7 nitrogen and oxygen atoms in total. The maximum atomic E-state index is 12.2. The fourth-order valence-corrected chi connectivity index (χ4v) is 2.79. The summed E-state index contributed by atoms with van der Waals surface area (Å²) in [7, 11) is 0. The van der Waals surface area contributed by atoms with Crippen molar-refractivity contribution in [3.63, 3.8) is 0 Å². The van der Waals surface area contributed by atoms with E-state index in [-0.39, 0.29) is 17.7 Å². The summed E-state index contributed by atoms with van der Waals surface area (Å²) in [6.07, 6.45) is 2.59. The third-order valence-electron chi connectivity index (χ3n) is 3.95. The lowest BCUT2D eigenvalue weighted by molar-refractivity contribution is -0.112. The monoisotopic (exact) mass is 420 g/mol. The van der Waals surface area contributed by atoms with Gasteiger partial charge in [0.1, 0.15) is 11.6 Å². The molecule has 0 atom stereocenters. The SMILES string of the molecule is CCOC(=O)N1CCC(N/C=C(/C#N)C(=O)Nc2ccc(Br)cc2)CC1. The molecule has 26 heavy (non-hydrogen) atoms. The number of nitriles is 1. The molecule has 138 valence electrons. The minimum atomic E-state index is -0.466. The molecule has 1 aromatic rings. The predicted octanol–water partition coefficient (Wildman–Crippen LogP) is 3.01. The molecule has 0 saturated carbocycles. The number of nitrogens with one attached hydrogen (secondary N) is 2. The third kappa shape index (κ3) is 5.77. The first-order valence-corrected chi connectivity index (χ1v) is 9.17. The molecule has 1 fully saturated rings. The molecule has 1 aliphatic rings. The fraction of sp³-hybridized carbons (Fsp3) is 0.389. The Kier molecular flexibility index (Phi) is 7.48. The number of rotatable bonds is 5. The van der Waals surface area contributed by atoms with Crippen LogP contribution in [0.15, 0.2) is 40.5 Å². The average Bonchev–Trinajstić information content (AvgIpc) is 2.65. The Labute approximate surface area is 161 Å². The Morgan fingerprint density at radius 1 is 1.35 bits per heavy atom. The van der Waals surface area contributed by atoms with Gasteiger partial charge in [-0.1, -0.05) is 15.9 Å². The number of likely N-dealkylation sites (tertiary alicyclic amines) is 1. The number of carbonyl (C=O) groups excluding carboxylic acids is 2. The molecule has 2 rings (SSSR count). The number of piperidine rings is 1. The molecule has 1 aromatic carbocycles. The van der Waals surface area contributed by atoms with Gasteiger partial charge >= 0.3 is 6.09 Å². The average molecular weight is 421 g/mol. The van der Waals surface area contributed by atoms with Gasteiger partial charge in [-0.3, -0.25) is 4.79 Å². The third-order valence-corrected chi connectivity index (χ3v) is 4.48. The number of hydrogen-bond acceptors (Lipinski definition) is 5. The van der Waals surface area contributed by atoms with Crippen molar-refractivity contribution in [2.45, 2.75) is 25.8 Å². The molecule has 0 radical (unpaired) electrons. The minimum absolute atomic E-state index is 0.000686. The summed E-state index contributed by atoms with van der Waals surface area (Å²) in [4.78, 5) is 25.5. The van der Waals surface area contributed by atoms with Crippen molar-refractivity contribution in [1.29, 1.82) is 5.26 Å². The van der Waals surface area contributed by atoms with Crippen molar-refractivity contribution in [1.82, 2.24) is 10.2 Å². The summed E-state index contributed by atoms with van der Waals surface area (Å²) in [5.41, 5.74) is 0.614. The highest BCUT2D eigenvalue weighted by atomic mass is 79.9. The van der Waals surface area contributed by atoms with Gasteiger partial charge in [-0.15, -0.1) is 0 Å². The number of anilines is 1. The van der Waals surface area contributed by atoms with Crippen LogP contribution in [0.25, 0.3) is 0 Å². The first-order valence-electron chi connectivity index (χ1n) is 8.38. The molecular formula is C18H21BrN4O3. The Balaban J connectivity index is 1.85. The first kappa shape index (κ1) is 19.8. The zero-order chi connectivity index (χ0) is 18.9. The van der Waals surface area contributed by atoms with E-state index < -0.39 is 5.91 Å². The van der Waals surface area contributed by atoms with Gasteiger partial charge in [0.2, 0.25) is 0 Å². The molecule has 2 N–H and O–H groups in total. The Morgan fingerprint density at radius 2 is 2.00 bits per heavy atom. The van der Waals surface area contributed by atoms with E-state index in [1.165, 1.54) is 6.20 Å². The second-order valence-electron chi connectivity index (χ2n) is 5.76. The summed E-state index contributed by atoms with van der Waals surface area (Å²) >= 11 is 3.33. The lowest BCUT2D eigenvalue weighted by Gasteiger charge is -2.31. The number of carbonyl (C=O) groups is 2. The highest BCUT2D eigenvalue weighted by molar-refractivity contribution is 9.10. The van der Waals surface area contributed by atoms with E-state index in [1.807, 2.05) is 6.07 Å². The second-order valence-corrected chi connectivity index (χ2v) is 6.67. The largest absolute Gasteiger partial charge is 0.450 e. The Hall–Kier alpha value is -2.53. The lowest BCUT2D eigenvalue weighted by atomic mass is 10.1. The Bertz CT molecular complexity index is 704. The predicted molar refractivity (Wildman–Crippen MR) is 101 cm³/mol. The maximum absolute atomic E-state index is 12.2. The van der Waals surface area contributed by atoms with Crippen LogP contribution >= 0.6 is 15.9 Å². The number of amides is 2. The van der Waals surface area contributed by atoms with Gasteiger partial charge in [-0.05, 0) is 44.0 Å². The van der Waals surface area contributed by atoms with Crippen LogP contribution in [-0.2, 0) is 9.53 Å². The number of halogens is 1. The van der Waals surface area contributed by atoms with E-state index >= 15 is 0 Å². The van der Waals surface area contributed by atoms with E-state index in [1.54, 1.807) is 36.1 Å². The zero-order valence-corrected chi connectivity index (χ0v) is 16.1. The molecule has 0 unspecified atom stereocenters. The molecule has 0 spiro atoms. The van der Waals surface area contributed by atoms with Crippen LogP contribution in [-0.4, -0.2) is 42.6 Å². The quantitative estimate of drug-likeness (QED) is 0.563. The molecule has 8 heteroatoms. The molecule has 1 saturated heterocycles. The molecular weight excluding hydrogens is 400 g/mol. The van der Waals surface area contributed by atoms with E-state index in [0.29, 0.717) is 25.4 Å². The van der Waals surface area contributed by atoms with Crippen LogP contribution in [0.4, 0.5) is 10.5 Å². The summed E-state index contributed by atoms with van der Waals surface area (Å²) in [6, 6.07) is 9.12.